The van der Waals surface area contributed by atoms with E-state index in [2.05, 4.69) is 15.1 Å². The molecule has 0 unspecified atom stereocenters. The summed E-state index contributed by atoms with van der Waals surface area (Å²) in [4.78, 5) is 20.4. The molecule has 3 heterocycles. The Morgan fingerprint density at radius 1 is 1.10 bits per heavy atom. The van der Waals surface area contributed by atoms with E-state index in [0.29, 0.717) is 21.4 Å². The SMILES string of the molecule is O=C1[C@H](O)[C@H](c2c(F)cc(-c3cnn(C(F)F)c3)cc2F)N1c1ccc2nc[nH]c2c1. The molecule has 1 amide bonds. The first kappa shape index (κ1) is 19.2. The van der Waals surface area contributed by atoms with Crippen molar-refractivity contribution in [2.24, 2.45) is 0 Å². The zero-order valence-corrected chi connectivity index (χ0v) is 15.5. The lowest BCUT2D eigenvalue weighted by Gasteiger charge is -2.44. The largest absolute Gasteiger partial charge is 0.381 e. The molecule has 0 spiro atoms. The van der Waals surface area contributed by atoms with Gasteiger partial charge in [-0.3, -0.25) is 9.69 Å². The summed E-state index contributed by atoms with van der Waals surface area (Å²) in [6.45, 7) is -2.89. The molecule has 2 aromatic heterocycles. The zero-order valence-electron chi connectivity index (χ0n) is 15.5. The van der Waals surface area contributed by atoms with Gasteiger partial charge in [0.2, 0.25) is 0 Å². The number of aromatic nitrogens is 4. The zero-order chi connectivity index (χ0) is 21.9. The van der Waals surface area contributed by atoms with Gasteiger partial charge in [0.25, 0.3) is 5.91 Å². The molecule has 1 saturated heterocycles. The van der Waals surface area contributed by atoms with E-state index in [4.69, 9.17) is 0 Å². The Morgan fingerprint density at radius 3 is 2.52 bits per heavy atom. The maximum absolute atomic E-state index is 14.9. The highest BCUT2D eigenvalue weighted by molar-refractivity contribution is 6.05. The van der Waals surface area contributed by atoms with E-state index in [1.54, 1.807) is 18.2 Å². The summed E-state index contributed by atoms with van der Waals surface area (Å²) >= 11 is 0. The first-order valence-electron chi connectivity index (χ1n) is 9.11. The number of imidazole rings is 1. The Kier molecular flexibility index (Phi) is 4.29. The number of carbonyl (C=O) groups is 1. The highest BCUT2D eigenvalue weighted by Crippen LogP contribution is 2.42. The van der Waals surface area contributed by atoms with Crippen LogP contribution in [0.1, 0.15) is 18.2 Å². The molecule has 0 radical (unpaired) electrons. The van der Waals surface area contributed by atoms with Crippen LogP contribution >= 0.6 is 0 Å². The van der Waals surface area contributed by atoms with Crippen molar-refractivity contribution in [2.75, 3.05) is 4.90 Å². The number of anilines is 1. The molecule has 1 aliphatic heterocycles. The van der Waals surface area contributed by atoms with Gasteiger partial charge in [-0.25, -0.2) is 18.4 Å². The van der Waals surface area contributed by atoms with Crippen LogP contribution in [0.25, 0.3) is 22.2 Å². The van der Waals surface area contributed by atoms with Gasteiger partial charge in [0.1, 0.15) is 17.7 Å². The van der Waals surface area contributed by atoms with E-state index in [-0.39, 0.29) is 11.1 Å². The molecule has 31 heavy (non-hydrogen) atoms. The second-order valence-electron chi connectivity index (χ2n) is 7.04. The molecule has 158 valence electrons. The molecule has 11 heteroatoms. The Balaban J connectivity index is 1.54. The quantitative estimate of drug-likeness (QED) is 0.382. The lowest BCUT2D eigenvalue weighted by Crippen LogP contribution is -2.59. The molecule has 4 aromatic rings. The molecule has 2 aromatic carbocycles. The number of β-lactam (4-membered cyclic amide) rings is 1. The molecule has 5 rings (SSSR count). The van der Waals surface area contributed by atoms with Crippen LogP contribution in [0.5, 0.6) is 0 Å². The Hall–Kier alpha value is -3.73. The van der Waals surface area contributed by atoms with Gasteiger partial charge in [-0.15, -0.1) is 0 Å². The molecule has 2 atom stereocenters. The number of benzene rings is 2. The average molecular weight is 431 g/mol. The Bertz CT molecular complexity index is 1290. The lowest BCUT2D eigenvalue weighted by atomic mass is 9.88. The maximum Gasteiger partial charge on any atom is 0.333 e. The topological polar surface area (TPSA) is 87.0 Å². The van der Waals surface area contributed by atoms with Crippen LogP contribution in [0.3, 0.4) is 0 Å². The fourth-order valence-corrected chi connectivity index (χ4v) is 3.75. The number of halogens is 4. The summed E-state index contributed by atoms with van der Waals surface area (Å²) in [5.41, 5.74) is 1.17. The van der Waals surface area contributed by atoms with Crippen molar-refractivity contribution in [2.45, 2.75) is 18.7 Å². The van der Waals surface area contributed by atoms with E-state index < -0.39 is 41.8 Å². The van der Waals surface area contributed by atoms with Crippen LogP contribution in [-0.2, 0) is 4.79 Å². The van der Waals surface area contributed by atoms with Gasteiger partial charge >= 0.3 is 6.55 Å². The van der Waals surface area contributed by atoms with Crippen LogP contribution in [0.15, 0.2) is 49.1 Å². The molecule has 0 bridgehead atoms. The first-order valence-corrected chi connectivity index (χ1v) is 9.11. The number of hydrogen-bond donors (Lipinski definition) is 2. The minimum Gasteiger partial charge on any atom is -0.381 e. The summed E-state index contributed by atoms with van der Waals surface area (Å²) < 4.78 is 55.7. The summed E-state index contributed by atoms with van der Waals surface area (Å²) in [6, 6.07) is 5.40. The highest BCUT2D eigenvalue weighted by Gasteiger charge is 2.50. The van der Waals surface area contributed by atoms with Gasteiger partial charge in [0.05, 0.1) is 23.6 Å². The summed E-state index contributed by atoms with van der Waals surface area (Å²) in [5.74, 6) is -2.75. The van der Waals surface area contributed by atoms with Crippen LogP contribution in [-0.4, -0.2) is 36.9 Å². The summed E-state index contributed by atoms with van der Waals surface area (Å²) in [5, 5.41) is 13.6. The number of rotatable bonds is 4. The molecule has 1 aliphatic rings. The maximum atomic E-state index is 14.9. The van der Waals surface area contributed by atoms with E-state index in [9.17, 15) is 27.5 Å². The van der Waals surface area contributed by atoms with Crippen LogP contribution < -0.4 is 4.90 Å². The lowest BCUT2D eigenvalue weighted by molar-refractivity contribution is -0.137. The molecular formula is C20H13F4N5O2. The molecule has 2 N–H and O–H groups in total. The van der Waals surface area contributed by atoms with Gasteiger partial charge in [0.15, 0.2) is 6.10 Å². The first-order chi connectivity index (χ1) is 14.8. The van der Waals surface area contributed by atoms with Crippen molar-refractivity contribution in [1.29, 1.82) is 0 Å². The fraction of sp³-hybridized carbons (Fsp3) is 0.150. The van der Waals surface area contributed by atoms with E-state index in [0.717, 1.165) is 29.4 Å². The van der Waals surface area contributed by atoms with Crippen LogP contribution in [0.4, 0.5) is 23.2 Å². The van der Waals surface area contributed by atoms with Crippen LogP contribution in [0.2, 0.25) is 0 Å². The summed E-state index contributed by atoms with van der Waals surface area (Å²) in [6.07, 6.45) is 1.86. The fourth-order valence-electron chi connectivity index (χ4n) is 3.75. The molecule has 0 aliphatic carbocycles. The number of H-pyrrole nitrogens is 1. The minimum atomic E-state index is -2.89. The van der Waals surface area contributed by atoms with Gasteiger partial charge < -0.3 is 10.1 Å². The molecule has 0 saturated carbocycles. The third-order valence-corrected chi connectivity index (χ3v) is 5.26. The third kappa shape index (κ3) is 2.96. The van der Waals surface area contributed by atoms with E-state index in [1.165, 1.54) is 6.33 Å². The predicted octanol–water partition coefficient (Wildman–Crippen LogP) is 3.55. The number of amides is 1. The number of carbonyl (C=O) groups excluding carboxylic acids is 1. The monoisotopic (exact) mass is 431 g/mol. The molecule has 1 fully saturated rings. The van der Waals surface area contributed by atoms with Crippen molar-refractivity contribution >= 4 is 22.6 Å². The van der Waals surface area contributed by atoms with E-state index in [1.807, 2.05) is 0 Å². The van der Waals surface area contributed by atoms with Gasteiger partial charge in [-0.05, 0) is 35.9 Å². The number of nitrogens with zero attached hydrogens (tertiary/aromatic N) is 4. The summed E-state index contributed by atoms with van der Waals surface area (Å²) in [7, 11) is 0. The van der Waals surface area contributed by atoms with Gasteiger partial charge in [0, 0.05) is 23.0 Å². The van der Waals surface area contributed by atoms with Crippen molar-refractivity contribution in [3.8, 4) is 11.1 Å². The van der Waals surface area contributed by atoms with E-state index >= 15 is 0 Å². The smallest absolute Gasteiger partial charge is 0.333 e. The molecule has 7 nitrogen and oxygen atoms in total. The number of fused-ring (bicyclic) bond motifs is 1. The van der Waals surface area contributed by atoms with Crippen LogP contribution in [0, 0.1) is 11.6 Å². The standard InChI is InChI=1S/C20H13F4N5O2/c21-12-3-9(10-6-27-28(7-10)20(23)24)4-13(22)16(12)17-18(30)19(31)29(17)11-1-2-14-15(5-11)26-8-25-14/h1-8,17-18,20,30H,(H,25,26)/t17-,18+/m0/s1. The van der Waals surface area contributed by atoms with Gasteiger partial charge in [-0.2, -0.15) is 13.9 Å². The minimum absolute atomic E-state index is 0.00350. The van der Waals surface area contributed by atoms with Crippen molar-refractivity contribution < 1.29 is 27.5 Å². The number of hydrogen-bond acceptors (Lipinski definition) is 4. The second-order valence-corrected chi connectivity index (χ2v) is 7.04. The highest BCUT2D eigenvalue weighted by atomic mass is 19.3. The normalized spacial score (nSPS) is 18.8. The number of aromatic amines is 1. The number of aliphatic hydroxyl groups is 1. The second kappa shape index (κ2) is 6.91. The van der Waals surface area contributed by atoms with Gasteiger partial charge in [-0.1, -0.05) is 0 Å². The average Bonchev–Trinajstić information content (AvgIpc) is 3.41. The Morgan fingerprint density at radius 2 is 1.84 bits per heavy atom. The number of alkyl halides is 2. The number of aliphatic hydroxyl groups excluding tert-OH is 1. The predicted molar refractivity (Wildman–Crippen MR) is 101 cm³/mol. The third-order valence-electron chi connectivity index (χ3n) is 5.26. The van der Waals surface area contributed by atoms with Crippen molar-refractivity contribution in [3.05, 3.63) is 66.3 Å². The Labute approximate surface area is 171 Å². The van der Waals surface area contributed by atoms with Crippen molar-refractivity contribution in [1.82, 2.24) is 19.7 Å². The number of nitrogens with one attached hydrogen (secondary N) is 1. The van der Waals surface area contributed by atoms with Crippen molar-refractivity contribution in [3.63, 3.8) is 0 Å². The molecular weight excluding hydrogens is 418 g/mol.